The zero-order valence-corrected chi connectivity index (χ0v) is 16.7. The van der Waals surface area contributed by atoms with Gasteiger partial charge in [-0.2, -0.15) is 10.2 Å². The van der Waals surface area contributed by atoms with Crippen LogP contribution in [-0.4, -0.2) is 38.5 Å². The molecule has 1 aliphatic heterocycles. The SMILES string of the molecule is C[C@@]1(CCc2ccccc2)NC(=O)N(/N=C\c2cnn(Cc3ccccc3)c2)C1=O. The van der Waals surface area contributed by atoms with Gasteiger partial charge in [0.25, 0.3) is 5.91 Å². The molecule has 0 saturated carbocycles. The summed E-state index contributed by atoms with van der Waals surface area (Å²) in [6, 6.07) is 19.4. The Bertz CT molecular complexity index is 1060. The lowest BCUT2D eigenvalue weighted by molar-refractivity contribution is -0.130. The van der Waals surface area contributed by atoms with E-state index >= 15 is 0 Å². The highest BCUT2D eigenvalue weighted by atomic mass is 16.2. The lowest BCUT2D eigenvalue weighted by Crippen LogP contribution is -2.44. The van der Waals surface area contributed by atoms with Crippen LogP contribution in [0.3, 0.4) is 0 Å². The number of nitrogens with one attached hydrogen (secondary N) is 1. The Hall–Kier alpha value is -3.74. The van der Waals surface area contributed by atoms with Crippen LogP contribution in [0.15, 0.2) is 78.2 Å². The Balaban J connectivity index is 1.40. The molecule has 1 atom stereocenters. The molecular weight excluding hydrogens is 378 g/mol. The van der Waals surface area contributed by atoms with Crippen molar-refractivity contribution in [3.05, 3.63) is 89.7 Å². The summed E-state index contributed by atoms with van der Waals surface area (Å²) in [5, 5.41) is 12.1. The van der Waals surface area contributed by atoms with Crippen LogP contribution < -0.4 is 5.32 Å². The van der Waals surface area contributed by atoms with E-state index in [9.17, 15) is 9.59 Å². The molecule has 3 aromatic rings. The Kier molecular flexibility index (Phi) is 5.43. The fraction of sp³-hybridized carbons (Fsp3) is 0.217. The Morgan fingerprint density at radius 1 is 1.03 bits per heavy atom. The third-order valence-corrected chi connectivity index (χ3v) is 5.16. The minimum absolute atomic E-state index is 0.351. The topological polar surface area (TPSA) is 79.6 Å². The molecule has 2 heterocycles. The van der Waals surface area contributed by atoms with Crippen molar-refractivity contribution in [3.63, 3.8) is 0 Å². The molecule has 3 amide bonds. The number of hydrazone groups is 1. The number of urea groups is 1. The van der Waals surface area contributed by atoms with Crippen LogP contribution in [0.4, 0.5) is 4.79 Å². The van der Waals surface area contributed by atoms with E-state index in [1.54, 1.807) is 17.8 Å². The summed E-state index contributed by atoms with van der Waals surface area (Å²) >= 11 is 0. The van der Waals surface area contributed by atoms with Crippen LogP contribution in [-0.2, 0) is 17.8 Å². The van der Waals surface area contributed by atoms with E-state index in [0.717, 1.165) is 16.1 Å². The van der Waals surface area contributed by atoms with Crippen LogP contribution >= 0.6 is 0 Å². The van der Waals surface area contributed by atoms with E-state index in [1.165, 1.54) is 6.21 Å². The minimum Gasteiger partial charge on any atom is -0.322 e. The van der Waals surface area contributed by atoms with Crippen LogP contribution in [0.5, 0.6) is 0 Å². The molecule has 7 heteroatoms. The van der Waals surface area contributed by atoms with Gasteiger partial charge in [-0.1, -0.05) is 60.7 Å². The zero-order chi connectivity index (χ0) is 21.0. The van der Waals surface area contributed by atoms with Gasteiger partial charge in [-0.25, -0.2) is 4.79 Å². The van der Waals surface area contributed by atoms with Gasteiger partial charge in [-0.15, -0.1) is 5.01 Å². The maximum Gasteiger partial charge on any atom is 0.346 e. The number of hydrogen-bond acceptors (Lipinski definition) is 4. The van der Waals surface area contributed by atoms with Gasteiger partial charge >= 0.3 is 6.03 Å². The van der Waals surface area contributed by atoms with Crippen molar-refractivity contribution in [1.82, 2.24) is 20.1 Å². The smallest absolute Gasteiger partial charge is 0.322 e. The predicted molar refractivity (Wildman–Crippen MR) is 114 cm³/mol. The second kappa shape index (κ2) is 8.32. The quantitative estimate of drug-likeness (QED) is 0.488. The van der Waals surface area contributed by atoms with Gasteiger partial charge in [-0.3, -0.25) is 9.48 Å². The molecule has 4 rings (SSSR count). The molecule has 30 heavy (non-hydrogen) atoms. The summed E-state index contributed by atoms with van der Waals surface area (Å²) < 4.78 is 1.78. The number of aryl methyl sites for hydroxylation is 1. The zero-order valence-electron chi connectivity index (χ0n) is 16.7. The van der Waals surface area contributed by atoms with Gasteiger partial charge in [0.1, 0.15) is 5.54 Å². The predicted octanol–water partition coefficient (Wildman–Crippen LogP) is 3.21. The number of amides is 3. The van der Waals surface area contributed by atoms with Crippen molar-refractivity contribution in [3.8, 4) is 0 Å². The highest BCUT2D eigenvalue weighted by molar-refractivity contribution is 6.07. The summed E-state index contributed by atoms with van der Waals surface area (Å²) in [5.74, 6) is -0.351. The molecule has 0 spiro atoms. The maximum atomic E-state index is 12.8. The Morgan fingerprint density at radius 2 is 1.70 bits per heavy atom. The molecule has 0 bridgehead atoms. The van der Waals surface area contributed by atoms with Gasteiger partial charge in [0.15, 0.2) is 0 Å². The highest BCUT2D eigenvalue weighted by Crippen LogP contribution is 2.23. The molecule has 7 nitrogen and oxygen atoms in total. The van der Waals surface area contributed by atoms with Crippen molar-refractivity contribution in [2.45, 2.75) is 31.8 Å². The van der Waals surface area contributed by atoms with E-state index in [4.69, 9.17) is 0 Å². The standard InChI is InChI=1S/C23H23N5O2/c1-23(13-12-18-8-4-2-5-9-18)21(29)28(22(30)26-23)25-15-20-14-24-27(17-20)16-19-10-6-3-7-11-19/h2-11,14-15,17H,12-13,16H2,1H3,(H,26,30)/b25-15-/t23-/m0/s1. The van der Waals surface area contributed by atoms with Gasteiger partial charge in [-0.05, 0) is 30.9 Å². The van der Waals surface area contributed by atoms with Gasteiger partial charge < -0.3 is 5.32 Å². The van der Waals surface area contributed by atoms with Crippen molar-refractivity contribution >= 4 is 18.2 Å². The summed E-state index contributed by atoms with van der Waals surface area (Å²) in [7, 11) is 0. The molecule has 1 saturated heterocycles. The maximum absolute atomic E-state index is 12.8. The molecule has 0 unspecified atom stereocenters. The first kappa shape index (κ1) is 19.6. The third kappa shape index (κ3) is 4.30. The van der Waals surface area contributed by atoms with Gasteiger partial charge in [0.2, 0.25) is 0 Å². The molecule has 1 aliphatic rings. The van der Waals surface area contributed by atoms with Crippen molar-refractivity contribution < 1.29 is 9.59 Å². The average Bonchev–Trinajstić information content (AvgIpc) is 3.29. The van der Waals surface area contributed by atoms with E-state index in [1.807, 2.05) is 66.9 Å². The lowest BCUT2D eigenvalue weighted by atomic mass is 9.93. The van der Waals surface area contributed by atoms with E-state index in [2.05, 4.69) is 15.5 Å². The number of imide groups is 1. The molecule has 0 radical (unpaired) electrons. The Morgan fingerprint density at radius 3 is 2.40 bits per heavy atom. The molecule has 0 aliphatic carbocycles. The minimum atomic E-state index is -0.970. The summed E-state index contributed by atoms with van der Waals surface area (Å²) in [5.41, 5.74) is 1.99. The molecule has 1 aromatic heterocycles. The van der Waals surface area contributed by atoms with E-state index < -0.39 is 11.6 Å². The highest BCUT2D eigenvalue weighted by Gasteiger charge is 2.47. The molecule has 1 N–H and O–H groups in total. The number of rotatable bonds is 7. The second-order valence-corrected chi connectivity index (χ2v) is 7.57. The van der Waals surface area contributed by atoms with Gasteiger partial charge in [0, 0.05) is 11.8 Å². The Labute approximate surface area is 175 Å². The largest absolute Gasteiger partial charge is 0.346 e. The number of carbonyl (C=O) groups excluding carboxylic acids is 2. The monoisotopic (exact) mass is 401 g/mol. The first-order valence-electron chi connectivity index (χ1n) is 9.84. The van der Waals surface area contributed by atoms with Crippen LogP contribution in [0.2, 0.25) is 0 Å². The van der Waals surface area contributed by atoms with Crippen LogP contribution in [0, 0.1) is 0 Å². The average molecular weight is 401 g/mol. The summed E-state index contributed by atoms with van der Waals surface area (Å²) in [6.45, 7) is 2.37. The third-order valence-electron chi connectivity index (χ3n) is 5.16. The molecule has 1 fully saturated rings. The summed E-state index contributed by atoms with van der Waals surface area (Å²) in [4.78, 5) is 25.2. The van der Waals surface area contributed by atoms with Gasteiger partial charge in [0.05, 0.1) is 19.0 Å². The number of carbonyl (C=O) groups is 2. The fourth-order valence-corrected chi connectivity index (χ4v) is 3.41. The number of nitrogens with zero attached hydrogens (tertiary/aromatic N) is 4. The van der Waals surface area contributed by atoms with Crippen LogP contribution in [0.1, 0.15) is 30.0 Å². The lowest BCUT2D eigenvalue weighted by Gasteiger charge is -2.20. The molecule has 2 aromatic carbocycles. The van der Waals surface area contributed by atoms with Crippen molar-refractivity contribution in [2.24, 2.45) is 5.10 Å². The summed E-state index contributed by atoms with van der Waals surface area (Å²) in [6.07, 6.45) is 6.15. The normalized spacial score (nSPS) is 18.9. The van der Waals surface area contributed by atoms with E-state index in [0.29, 0.717) is 24.9 Å². The number of aromatic nitrogens is 2. The van der Waals surface area contributed by atoms with E-state index in [-0.39, 0.29) is 5.91 Å². The number of hydrogen-bond donors (Lipinski definition) is 1. The first-order valence-corrected chi connectivity index (χ1v) is 9.84. The van der Waals surface area contributed by atoms with Crippen molar-refractivity contribution in [1.29, 1.82) is 0 Å². The second-order valence-electron chi connectivity index (χ2n) is 7.57. The fourth-order valence-electron chi connectivity index (χ4n) is 3.41. The number of benzene rings is 2. The molecular formula is C23H23N5O2. The van der Waals surface area contributed by atoms with Crippen molar-refractivity contribution in [2.75, 3.05) is 0 Å². The molecule has 152 valence electrons. The van der Waals surface area contributed by atoms with Crippen LogP contribution in [0.25, 0.3) is 0 Å². The first-order chi connectivity index (χ1) is 14.5.